The van der Waals surface area contributed by atoms with Gasteiger partial charge in [-0.2, -0.15) is 0 Å². The van der Waals surface area contributed by atoms with E-state index in [-0.39, 0.29) is 23.4 Å². The first-order valence-electron chi connectivity index (χ1n) is 8.13. The summed E-state index contributed by atoms with van der Waals surface area (Å²) in [6.07, 6.45) is 0.187. The minimum Gasteiger partial charge on any atom is -0.490 e. The van der Waals surface area contributed by atoms with Gasteiger partial charge in [0.25, 0.3) is 0 Å². The third kappa shape index (κ3) is 3.57. The van der Waals surface area contributed by atoms with E-state index in [4.69, 9.17) is 18.8 Å². The fourth-order valence-corrected chi connectivity index (χ4v) is 2.24. The first-order valence-corrected chi connectivity index (χ1v) is 8.13. The maximum Gasteiger partial charge on any atom is 0.497 e. The highest BCUT2D eigenvalue weighted by molar-refractivity contribution is 6.62. The van der Waals surface area contributed by atoms with Crippen molar-refractivity contribution in [1.82, 2.24) is 0 Å². The van der Waals surface area contributed by atoms with Gasteiger partial charge in [-0.1, -0.05) is 6.92 Å². The zero-order valence-electron chi connectivity index (χ0n) is 15.1. The molecule has 0 aliphatic carbocycles. The molecule has 1 fully saturated rings. The molecule has 1 aliphatic heterocycles. The molecule has 0 amide bonds. The summed E-state index contributed by atoms with van der Waals surface area (Å²) in [6.45, 7) is 11.4. The van der Waals surface area contributed by atoms with E-state index in [1.54, 1.807) is 13.8 Å². The van der Waals surface area contributed by atoms with Gasteiger partial charge in [0, 0.05) is 17.9 Å². The number of ether oxygens (including phenoxy) is 2. The Morgan fingerprint density at radius 1 is 1.12 bits per heavy atom. The van der Waals surface area contributed by atoms with Crippen molar-refractivity contribution < 1.29 is 28.0 Å². The first kappa shape index (κ1) is 18.7. The summed E-state index contributed by atoms with van der Waals surface area (Å²) in [7, 11) is -0.856. The third-order valence-corrected chi connectivity index (χ3v) is 4.38. The number of carbonyl (C=O) groups is 1. The third-order valence-electron chi connectivity index (χ3n) is 4.38. The lowest BCUT2D eigenvalue weighted by atomic mass is 9.78. The molecule has 0 bridgehead atoms. The quantitative estimate of drug-likeness (QED) is 0.469. The Bertz CT molecular complexity index is 614. The van der Waals surface area contributed by atoms with E-state index >= 15 is 0 Å². The van der Waals surface area contributed by atoms with Crippen LogP contribution >= 0.6 is 0 Å². The number of halogens is 1. The molecule has 1 aromatic carbocycles. The zero-order chi connectivity index (χ0) is 18.1. The normalized spacial score (nSPS) is 18.5. The van der Waals surface area contributed by atoms with Crippen LogP contribution in [0.15, 0.2) is 12.1 Å². The van der Waals surface area contributed by atoms with Crippen molar-refractivity contribution in [2.24, 2.45) is 0 Å². The molecule has 5 nitrogen and oxygen atoms in total. The standard InChI is InChI=1S/C17H24BFO5/c1-7-15(20)22-14-10-12(19)11(9-13(14)21-8-2)18-23-16(3,4)17(5,6)24-18/h9-10H,7-8H2,1-6H3. The van der Waals surface area contributed by atoms with E-state index in [0.29, 0.717) is 6.61 Å². The predicted octanol–water partition coefficient (Wildman–Crippen LogP) is 2.84. The molecule has 0 saturated carbocycles. The average molecular weight is 338 g/mol. The van der Waals surface area contributed by atoms with Crippen LogP contribution in [0.25, 0.3) is 0 Å². The van der Waals surface area contributed by atoms with Crippen LogP contribution < -0.4 is 14.9 Å². The second kappa shape index (κ2) is 6.72. The minimum absolute atomic E-state index is 0.0569. The summed E-state index contributed by atoms with van der Waals surface area (Å²) in [5.74, 6) is -0.693. The van der Waals surface area contributed by atoms with Crippen molar-refractivity contribution in [2.75, 3.05) is 6.61 Å². The Morgan fingerprint density at radius 3 is 2.21 bits per heavy atom. The van der Waals surface area contributed by atoms with Gasteiger partial charge in [0.2, 0.25) is 0 Å². The van der Waals surface area contributed by atoms with Gasteiger partial charge in [-0.05, 0) is 40.7 Å². The van der Waals surface area contributed by atoms with Crippen molar-refractivity contribution in [2.45, 2.75) is 59.2 Å². The number of rotatable bonds is 5. The van der Waals surface area contributed by atoms with E-state index in [1.807, 2.05) is 27.7 Å². The fourth-order valence-electron chi connectivity index (χ4n) is 2.24. The van der Waals surface area contributed by atoms with E-state index < -0.39 is 30.1 Å². The van der Waals surface area contributed by atoms with Crippen LogP contribution in [-0.2, 0) is 14.1 Å². The smallest absolute Gasteiger partial charge is 0.490 e. The summed E-state index contributed by atoms with van der Waals surface area (Å²) in [5.41, 5.74) is -0.944. The van der Waals surface area contributed by atoms with E-state index in [1.165, 1.54) is 6.07 Å². The average Bonchev–Trinajstić information content (AvgIpc) is 2.69. The van der Waals surface area contributed by atoms with Gasteiger partial charge in [0.1, 0.15) is 5.82 Å². The van der Waals surface area contributed by atoms with Gasteiger partial charge in [-0.25, -0.2) is 4.39 Å². The van der Waals surface area contributed by atoms with Gasteiger partial charge < -0.3 is 18.8 Å². The number of hydrogen-bond acceptors (Lipinski definition) is 5. The maximum absolute atomic E-state index is 14.6. The zero-order valence-corrected chi connectivity index (χ0v) is 15.1. The van der Waals surface area contributed by atoms with Crippen LogP contribution in [0.5, 0.6) is 11.5 Å². The van der Waals surface area contributed by atoms with Gasteiger partial charge in [0.15, 0.2) is 11.5 Å². The summed E-state index contributed by atoms with van der Waals surface area (Å²) < 4.78 is 37.0. The first-order chi connectivity index (χ1) is 11.1. The molecule has 0 radical (unpaired) electrons. The number of benzene rings is 1. The molecule has 24 heavy (non-hydrogen) atoms. The second-order valence-electron chi connectivity index (χ2n) is 6.67. The molecule has 2 rings (SSSR count). The van der Waals surface area contributed by atoms with Gasteiger partial charge >= 0.3 is 13.1 Å². The molecule has 132 valence electrons. The molecule has 1 heterocycles. The molecule has 0 atom stereocenters. The predicted molar refractivity (Wildman–Crippen MR) is 89.2 cm³/mol. The Labute approximate surface area is 142 Å². The van der Waals surface area contributed by atoms with Crippen LogP contribution in [-0.4, -0.2) is 30.9 Å². The van der Waals surface area contributed by atoms with Gasteiger partial charge in [-0.3, -0.25) is 4.79 Å². The molecular weight excluding hydrogens is 314 g/mol. The Balaban J connectivity index is 2.38. The number of esters is 1. The lowest BCUT2D eigenvalue weighted by molar-refractivity contribution is -0.134. The van der Waals surface area contributed by atoms with Gasteiger partial charge in [-0.15, -0.1) is 0 Å². The largest absolute Gasteiger partial charge is 0.497 e. The summed E-state index contributed by atoms with van der Waals surface area (Å²) >= 11 is 0. The molecule has 1 saturated heterocycles. The Morgan fingerprint density at radius 2 is 1.71 bits per heavy atom. The summed E-state index contributed by atoms with van der Waals surface area (Å²) in [4.78, 5) is 11.5. The van der Waals surface area contributed by atoms with Crippen LogP contribution in [0.3, 0.4) is 0 Å². The SMILES string of the molecule is CCOc1cc(B2OC(C)(C)C(C)(C)O2)c(F)cc1OC(=O)CC. The maximum atomic E-state index is 14.6. The van der Waals surface area contributed by atoms with E-state index in [2.05, 4.69) is 0 Å². The van der Waals surface area contributed by atoms with Crippen molar-refractivity contribution in [1.29, 1.82) is 0 Å². The summed E-state index contributed by atoms with van der Waals surface area (Å²) in [5, 5.41) is 0. The highest BCUT2D eigenvalue weighted by Crippen LogP contribution is 2.37. The molecule has 0 aromatic heterocycles. The molecule has 0 N–H and O–H groups in total. The highest BCUT2D eigenvalue weighted by Gasteiger charge is 2.52. The van der Waals surface area contributed by atoms with Crippen molar-refractivity contribution in [3.05, 3.63) is 17.9 Å². The number of carbonyl (C=O) groups excluding carboxylic acids is 1. The molecule has 1 aromatic rings. The second-order valence-corrected chi connectivity index (χ2v) is 6.67. The van der Waals surface area contributed by atoms with Crippen LogP contribution in [0.2, 0.25) is 0 Å². The monoisotopic (exact) mass is 338 g/mol. The van der Waals surface area contributed by atoms with Crippen molar-refractivity contribution in [3.8, 4) is 11.5 Å². The number of hydrogen-bond donors (Lipinski definition) is 0. The summed E-state index contributed by atoms with van der Waals surface area (Å²) in [6, 6.07) is 2.61. The molecule has 7 heteroatoms. The fraction of sp³-hybridized carbons (Fsp3) is 0.588. The highest BCUT2D eigenvalue weighted by atomic mass is 19.1. The van der Waals surface area contributed by atoms with E-state index in [0.717, 1.165) is 6.07 Å². The van der Waals surface area contributed by atoms with Crippen molar-refractivity contribution in [3.63, 3.8) is 0 Å². The minimum atomic E-state index is -0.856. The van der Waals surface area contributed by atoms with Gasteiger partial charge in [0.05, 0.1) is 17.8 Å². The molecular formula is C17H24BFO5. The van der Waals surface area contributed by atoms with E-state index in [9.17, 15) is 9.18 Å². The van der Waals surface area contributed by atoms with Crippen molar-refractivity contribution >= 4 is 18.6 Å². The lowest BCUT2D eigenvalue weighted by Crippen LogP contribution is -2.41. The Hall–Kier alpha value is -1.60. The molecule has 0 spiro atoms. The molecule has 1 aliphatic rings. The molecule has 0 unspecified atom stereocenters. The topological polar surface area (TPSA) is 54.0 Å². The van der Waals surface area contributed by atoms with Crippen LogP contribution in [0, 0.1) is 5.82 Å². The lowest BCUT2D eigenvalue weighted by Gasteiger charge is -2.32. The van der Waals surface area contributed by atoms with Crippen LogP contribution in [0.4, 0.5) is 4.39 Å². The Kier molecular flexibility index (Phi) is 5.25. The van der Waals surface area contributed by atoms with Crippen LogP contribution in [0.1, 0.15) is 48.0 Å².